The number of sulfonamides is 1. The maximum absolute atomic E-state index is 15.0. The normalized spacial score (nSPS) is 21.7. The Balaban J connectivity index is 2.37. The fraction of sp³-hybridized carbons (Fsp3) is 0.552. The van der Waals surface area contributed by atoms with Crippen LogP contribution in [0.2, 0.25) is 0 Å². The number of benzene rings is 2. The van der Waals surface area contributed by atoms with Crippen molar-refractivity contribution in [3.63, 3.8) is 0 Å². The zero-order valence-electron chi connectivity index (χ0n) is 23.3. The zero-order chi connectivity index (χ0) is 28.5. The molecule has 0 amide bonds. The van der Waals surface area contributed by atoms with Gasteiger partial charge in [0.1, 0.15) is 15.0 Å². The van der Waals surface area contributed by atoms with Gasteiger partial charge in [0, 0.05) is 6.42 Å². The summed E-state index contributed by atoms with van der Waals surface area (Å²) in [5, 5.41) is 25.2. The first-order valence-electron chi connectivity index (χ1n) is 13.2. The summed E-state index contributed by atoms with van der Waals surface area (Å²) in [7, 11) is -4.67. The van der Waals surface area contributed by atoms with Crippen molar-refractivity contribution in [1.29, 1.82) is 5.39 Å². The molecule has 0 heterocycles. The molecule has 1 aliphatic carbocycles. The van der Waals surface area contributed by atoms with Gasteiger partial charge in [-0.2, -0.15) is 0 Å². The Morgan fingerprint density at radius 3 is 2.16 bits per heavy atom. The van der Waals surface area contributed by atoms with Gasteiger partial charge < -0.3 is 14.6 Å². The fourth-order valence-corrected chi connectivity index (χ4v) is 7.04. The van der Waals surface area contributed by atoms with Gasteiger partial charge in [-0.15, -0.1) is 0 Å². The summed E-state index contributed by atoms with van der Waals surface area (Å²) in [6, 6.07) is 10.2. The number of rotatable bonds is 8. The average Bonchev–Trinajstić information content (AvgIpc) is 2.97. The predicted molar refractivity (Wildman–Crippen MR) is 145 cm³/mol. The van der Waals surface area contributed by atoms with Gasteiger partial charge in [0.15, 0.2) is 0 Å². The van der Waals surface area contributed by atoms with Crippen LogP contribution in [-0.4, -0.2) is 26.5 Å². The third-order valence-corrected chi connectivity index (χ3v) is 8.78. The van der Waals surface area contributed by atoms with E-state index >= 15 is 0 Å². The van der Waals surface area contributed by atoms with E-state index in [-0.39, 0.29) is 41.2 Å². The summed E-state index contributed by atoms with van der Waals surface area (Å²) in [6.07, 6.45) is 0.473. The summed E-state index contributed by atoms with van der Waals surface area (Å²) in [5.41, 5.74) is -2.83. The van der Waals surface area contributed by atoms with Gasteiger partial charge in [-0.25, -0.2) is 13.2 Å². The van der Waals surface area contributed by atoms with Crippen LogP contribution in [0.25, 0.3) is 9.70 Å². The first-order valence-corrected chi connectivity index (χ1v) is 14.7. The number of hydrogen-bond acceptors (Lipinski definition) is 6. The molecule has 9 heteroatoms. The van der Waals surface area contributed by atoms with Crippen LogP contribution in [0.5, 0.6) is 0 Å². The number of hydrogen-bond donors (Lipinski definition) is 0. The molecule has 0 radical (unpaired) electrons. The maximum Gasteiger partial charge on any atom is 0.399 e. The van der Waals surface area contributed by atoms with Crippen molar-refractivity contribution in [2.45, 2.75) is 102 Å². The molecule has 2 aromatic carbocycles. The molecule has 0 aromatic heterocycles. The molecule has 0 N–H and O–H groups in total. The van der Waals surface area contributed by atoms with Crippen molar-refractivity contribution in [3.8, 4) is 0 Å². The van der Waals surface area contributed by atoms with Gasteiger partial charge in [-0.05, 0) is 59.8 Å². The lowest BCUT2D eigenvalue weighted by atomic mass is 9.80. The molecular formula is C29H38N3O5S-. The molecule has 3 rings (SSSR count). The predicted octanol–water partition coefficient (Wildman–Crippen LogP) is 5.82. The van der Waals surface area contributed by atoms with Crippen LogP contribution >= 0.6 is 0 Å². The van der Waals surface area contributed by atoms with Crippen LogP contribution in [-0.2, 0) is 31.7 Å². The van der Waals surface area contributed by atoms with Gasteiger partial charge in [0.25, 0.3) is 0 Å². The second-order valence-electron chi connectivity index (χ2n) is 10.9. The van der Waals surface area contributed by atoms with Crippen molar-refractivity contribution in [3.05, 3.63) is 73.9 Å². The van der Waals surface area contributed by atoms with Gasteiger partial charge in [0.05, 0.1) is 11.5 Å². The first kappa shape index (κ1) is 29.8. The zero-order valence-corrected chi connectivity index (χ0v) is 24.1. The molecule has 206 valence electrons. The summed E-state index contributed by atoms with van der Waals surface area (Å²) in [6.45, 7) is 13.1. The van der Waals surface area contributed by atoms with E-state index in [9.17, 15) is 23.7 Å². The largest absolute Gasteiger partial charge is 0.856 e. The van der Waals surface area contributed by atoms with Crippen molar-refractivity contribution in [1.82, 2.24) is 0 Å². The monoisotopic (exact) mass is 540 g/mol. The van der Waals surface area contributed by atoms with Crippen molar-refractivity contribution in [2.24, 2.45) is 0 Å². The first-order chi connectivity index (χ1) is 17.8. The highest BCUT2D eigenvalue weighted by Gasteiger charge is 2.61. The molecule has 0 bridgehead atoms. The van der Waals surface area contributed by atoms with E-state index in [0.717, 1.165) is 5.56 Å². The number of aryl methyl sites for hydroxylation is 1. The Morgan fingerprint density at radius 2 is 1.66 bits per heavy atom. The van der Waals surface area contributed by atoms with Gasteiger partial charge in [0.2, 0.25) is 5.39 Å². The quantitative estimate of drug-likeness (QED) is 0.236. The molecular weight excluding hydrogens is 502 g/mol. The average molecular weight is 541 g/mol. The second-order valence-corrected chi connectivity index (χ2v) is 12.4. The lowest BCUT2D eigenvalue weighted by molar-refractivity contribution is -0.481. The minimum atomic E-state index is -4.67. The summed E-state index contributed by atoms with van der Waals surface area (Å²) < 4.78 is 37.8. The Hall–Kier alpha value is -2.80. The Labute approximate surface area is 226 Å². The molecule has 0 saturated heterocycles. The van der Waals surface area contributed by atoms with E-state index in [1.54, 1.807) is 25.1 Å². The molecule has 2 aromatic rings. The molecule has 0 aliphatic heterocycles. The third kappa shape index (κ3) is 5.09. The third-order valence-electron chi connectivity index (χ3n) is 7.30. The van der Waals surface area contributed by atoms with Gasteiger partial charge in [-0.3, -0.25) is 0 Å². The number of esters is 1. The molecule has 0 spiro atoms. The molecule has 0 fully saturated rings. The van der Waals surface area contributed by atoms with Crippen molar-refractivity contribution >= 4 is 16.0 Å². The molecule has 8 nitrogen and oxygen atoms in total. The topological polar surface area (TPSA) is 126 Å². The minimum Gasteiger partial charge on any atom is -0.856 e. The number of carbonyl (C=O) groups is 1. The standard InChI is InChI=1S/C29H38N3O5S/c1-8-37-27(33)28(31-30)15-11-13-21-12-9-10-14-25(21)29(28,34)32-38(35,36)26-23(19(4)5)16-22(18(2)3)17-24(26)20(6)7/h9-10,12,14,16-20H,8,11,13,15H2,1-7H3/q-1. The summed E-state index contributed by atoms with van der Waals surface area (Å²) >= 11 is 0. The number of nitrogens with zero attached hydrogens (tertiary/aromatic N) is 3. The molecule has 1 aliphatic rings. The maximum atomic E-state index is 15.0. The SMILES string of the molecule is CCOC(=O)C1([N+]#N)CCCc2ccccc2C1([O-])[N-]S(=O)(=O)c1c(C(C)C)cc(C(C)C)cc1C(C)C. The lowest BCUT2D eigenvalue weighted by Gasteiger charge is -2.54. The van der Waals surface area contributed by atoms with E-state index in [1.807, 2.05) is 53.7 Å². The fourth-order valence-electron chi connectivity index (χ4n) is 5.17. The van der Waals surface area contributed by atoms with E-state index < -0.39 is 27.3 Å². The minimum absolute atomic E-state index is 0.0112. The van der Waals surface area contributed by atoms with E-state index in [1.165, 1.54) is 6.07 Å². The molecule has 0 saturated carbocycles. The number of diazo groups is 1. The highest BCUT2D eigenvalue weighted by Crippen LogP contribution is 2.49. The van der Waals surface area contributed by atoms with Crippen LogP contribution in [0, 0.1) is 5.39 Å². The van der Waals surface area contributed by atoms with Crippen molar-refractivity contribution < 1.29 is 23.1 Å². The number of ether oxygens (including phenoxy) is 1. The van der Waals surface area contributed by atoms with Crippen LogP contribution in [0.15, 0.2) is 41.3 Å². The van der Waals surface area contributed by atoms with E-state index in [2.05, 4.69) is 9.70 Å². The van der Waals surface area contributed by atoms with Crippen LogP contribution < -0.4 is 5.11 Å². The highest BCUT2D eigenvalue weighted by molar-refractivity contribution is 7.94. The highest BCUT2D eigenvalue weighted by atomic mass is 32.2. The van der Waals surface area contributed by atoms with Crippen LogP contribution in [0.4, 0.5) is 0 Å². The van der Waals surface area contributed by atoms with E-state index in [0.29, 0.717) is 29.5 Å². The van der Waals surface area contributed by atoms with Gasteiger partial charge in [-0.1, -0.05) is 89.2 Å². The second kappa shape index (κ2) is 11.1. The Bertz CT molecular complexity index is 1320. The Kier molecular flexibility index (Phi) is 8.71. The van der Waals surface area contributed by atoms with Gasteiger partial charge >= 0.3 is 11.5 Å². The van der Waals surface area contributed by atoms with Crippen molar-refractivity contribution in [2.75, 3.05) is 6.61 Å². The molecule has 2 atom stereocenters. The molecule has 2 unspecified atom stereocenters. The van der Waals surface area contributed by atoms with E-state index in [4.69, 9.17) is 4.74 Å². The summed E-state index contributed by atoms with van der Waals surface area (Å²) in [4.78, 5) is 16.6. The lowest BCUT2D eigenvalue weighted by Crippen LogP contribution is -2.62. The smallest absolute Gasteiger partial charge is 0.399 e. The summed E-state index contributed by atoms with van der Waals surface area (Å²) in [5.74, 6) is -1.32. The Morgan fingerprint density at radius 1 is 1.08 bits per heavy atom. The van der Waals surface area contributed by atoms with Crippen LogP contribution in [0.3, 0.4) is 0 Å². The molecule has 38 heavy (non-hydrogen) atoms. The number of carbonyl (C=O) groups excluding carboxylic acids is 1. The number of fused-ring (bicyclic) bond motifs is 1. The van der Waals surface area contributed by atoms with Crippen LogP contribution in [0.1, 0.15) is 107 Å².